The van der Waals surface area contributed by atoms with Crippen LogP contribution in [0.1, 0.15) is 6.42 Å². The molecular weight excluding hydrogens is 110 g/mol. The largest absolute Gasteiger partial charge is 0.311 e. The number of hydrogen-bond acceptors (Lipinski definition) is 1. The maximum Gasteiger partial charge on any atom is 0.0310 e. The molecule has 0 aromatic carbocycles. The standard InChI is InChI=1S/C5H8ClN/c6-5-2-1-3-7-4-5/h2,7H,1,3-4H2. The molecule has 1 nitrogen and oxygen atoms in total. The predicted molar refractivity (Wildman–Crippen MR) is 31.4 cm³/mol. The number of nitrogens with one attached hydrogen (secondary N) is 1. The summed E-state index contributed by atoms with van der Waals surface area (Å²) in [7, 11) is 0. The van der Waals surface area contributed by atoms with Crippen molar-refractivity contribution in [2.75, 3.05) is 13.1 Å². The average Bonchev–Trinajstić information content (AvgIpc) is 1.69. The summed E-state index contributed by atoms with van der Waals surface area (Å²) < 4.78 is 0. The second kappa shape index (κ2) is 2.34. The van der Waals surface area contributed by atoms with Crippen molar-refractivity contribution in [3.8, 4) is 0 Å². The van der Waals surface area contributed by atoms with Crippen molar-refractivity contribution in [1.82, 2.24) is 5.32 Å². The van der Waals surface area contributed by atoms with Crippen molar-refractivity contribution in [3.63, 3.8) is 0 Å². The topological polar surface area (TPSA) is 12.0 Å². The van der Waals surface area contributed by atoms with Gasteiger partial charge in [0.2, 0.25) is 0 Å². The summed E-state index contributed by atoms with van der Waals surface area (Å²) in [6.45, 7) is 1.94. The van der Waals surface area contributed by atoms with Crippen LogP contribution < -0.4 is 5.32 Å². The van der Waals surface area contributed by atoms with E-state index < -0.39 is 0 Å². The Morgan fingerprint density at radius 1 is 1.71 bits per heavy atom. The molecule has 0 saturated carbocycles. The Hall–Kier alpha value is -0.0100. The molecule has 0 amide bonds. The fraction of sp³-hybridized carbons (Fsp3) is 0.600. The summed E-state index contributed by atoms with van der Waals surface area (Å²) in [5.74, 6) is 0. The first-order valence-corrected chi connectivity index (χ1v) is 2.82. The van der Waals surface area contributed by atoms with Crippen LogP contribution in [0, 0.1) is 0 Å². The Kier molecular flexibility index (Phi) is 1.71. The summed E-state index contributed by atoms with van der Waals surface area (Å²) >= 11 is 5.62. The Morgan fingerprint density at radius 2 is 2.57 bits per heavy atom. The molecule has 1 heterocycles. The molecule has 0 spiro atoms. The second-order valence-electron chi connectivity index (χ2n) is 1.62. The van der Waals surface area contributed by atoms with E-state index in [0.717, 1.165) is 24.5 Å². The van der Waals surface area contributed by atoms with E-state index in [1.807, 2.05) is 0 Å². The molecule has 0 aromatic rings. The van der Waals surface area contributed by atoms with Crippen LogP contribution in [0.4, 0.5) is 0 Å². The SMILES string of the molecule is ClC1=CCCNC1. The third-order valence-electron chi connectivity index (χ3n) is 0.981. The van der Waals surface area contributed by atoms with E-state index in [2.05, 4.69) is 11.4 Å². The van der Waals surface area contributed by atoms with Gasteiger partial charge in [-0.15, -0.1) is 0 Å². The Bertz CT molecular complexity index is 88.1. The lowest BCUT2D eigenvalue weighted by Gasteiger charge is -2.06. The molecule has 0 atom stereocenters. The molecule has 7 heavy (non-hydrogen) atoms. The van der Waals surface area contributed by atoms with Crippen molar-refractivity contribution in [3.05, 3.63) is 11.1 Å². The maximum atomic E-state index is 5.62. The van der Waals surface area contributed by atoms with Crippen LogP contribution in [0.25, 0.3) is 0 Å². The van der Waals surface area contributed by atoms with Crippen LogP contribution in [-0.4, -0.2) is 13.1 Å². The molecular formula is C5H8ClN. The lowest BCUT2D eigenvalue weighted by Crippen LogP contribution is -2.19. The van der Waals surface area contributed by atoms with E-state index in [-0.39, 0.29) is 0 Å². The summed E-state index contributed by atoms with van der Waals surface area (Å²) in [5.41, 5.74) is 0. The van der Waals surface area contributed by atoms with Gasteiger partial charge in [-0.25, -0.2) is 0 Å². The Labute approximate surface area is 48.4 Å². The van der Waals surface area contributed by atoms with E-state index in [1.165, 1.54) is 0 Å². The molecule has 1 aliphatic rings. The zero-order valence-electron chi connectivity index (χ0n) is 4.08. The van der Waals surface area contributed by atoms with Gasteiger partial charge >= 0.3 is 0 Å². The summed E-state index contributed by atoms with van der Waals surface area (Å²) in [6, 6.07) is 0. The van der Waals surface area contributed by atoms with Crippen LogP contribution in [0.3, 0.4) is 0 Å². The highest BCUT2D eigenvalue weighted by atomic mass is 35.5. The first-order valence-electron chi connectivity index (χ1n) is 2.45. The molecule has 0 bridgehead atoms. The van der Waals surface area contributed by atoms with Gasteiger partial charge in [0.25, 0.3) is 0 Å². The normalized spacial score (nSPS) is 21.6. The van der Waals surface area contributed by atoms with Gasteiger partial charge in [-0.1, -0.05) is 17.7 Å². The molecule has 40 valence electrons. The van der Waals surface area contributed by atoms with Crippen LogP contribution in [0.2, 0.25) is 0 Å². The molecule has 1 N–H and O–H groups in total. The van der Waals surface area contributed by atoms with Gasteiger partial charge < -0.3 is 5.32 Å². The van der Waals surface area contributed by atoms with Crippen molar-refractivity contribution in [2.45, 2.75) is 6.42 Å². The molecule has 0 unspecified atom stereocenters. The molecule has 0 saturated heterocycles. The minimum absolute atomic E-state index is 0.863. The maximum absolute atomic E-state index is 5.62. The van der Waals surface area contributed by atoms with Crippen molar-refractivity contribution in [1.29, 1.82) is 0 Å². The van der Waals surface area contributed by atoms with Gasteiger partial charge in [0.1, 0.15) is 0 Å². The van der Waals surface area contributed by atoms with Crippen molar-refractivity contribution >= 4 is 11.6 Å². The lowest BCUT2D eigenvalue weighted by atomic mass is 10.3. The van der Waals surface area contributed by atoms with Crippen molar-refractivity contribution < 1.29 is 0 Å². The summed E-state index contributed by atoms with van der Waals surface area (Å²) in [5, 5.41) is 4.08. The highest BCUT2D eigenvalue weighted by Crippen LogP contribution is 2.03. The van der Waals surface area contributed by atoms with E-state index in [0.29, 0.717) is 0 Å². The minimum Gasteiger partial charge on any atom is -0.311 e. The van der Waals surface area contributed by atoms with E-state index in [4.69, 9.17) is 11.6 Å². The number of halogens is 1. The monoisotopic (exact) mass is 117 g/mol. The first kappa shape index (κ1) is 5.13. The number of rotatable bonds is 0. The fourth-order valence-electron chi connectivity index (χ4n) is 0.611. The highest BCUT2D eigenvalue weighted by molar-refractivity contribution is 6.29. The Morgan fingerprint density at radius 3 is 2.86 bits per heavy atom. The van der Waals surface area contributed by atoms with Gasteiger partial charge in [0, 0.05) is 11.6 Å². The van der Waals surface area contributed by atoms with Gasteiger partial charge in [0.05, 0.1) is 0 Å². The molecule has 2 heteroatoms. The zero-order valence-corrected chi connectivity index (χ0v) is 4.83. The third kappa shape index (κ3) is 1.49. The van der Waals surface area contributed by atoms with Crippen molar-refractivity contribution in [2.24, 2.45) is 0 Å². The quantitative estimate of drug-likeness (QED) is 0.501. The average molecular weight is 118 g/mol. The molecule has 0 aromatic heterocycles. The molecule has 1 rings (SSSR count). The highest BCUT2D eigenvalue weighted by Gasteiger charge is 1.95. The van der Waals surface area contributed by atoms with Gasteiger partial charge in [-0.05, 0) is 13.0 Å². The first-order chi connectivity index (χ1) is 3.39. The van der Waals surface area contributed by atoms with Crippen LogP contribution in [-0.2, 0) is 0 Å². The minimum atomic E-state index is 0.863. The molecule has 0 fully saturated rings. The van der Waals surface area contributed by atoms with E-state index in [9.17, 15) is 0 Å². The molecule has 0 aliphatic carbocycles. The third-order valence-corrected chi connectivity index (χ3v) is 1.27. The molecule has 1 aliphatic heterocycles. The summed E-state index contributed by atoms with van der Waals surface area (Å²) in [6.07, 6.45) is 3.14. The Balaban J connectivity index is 2.40. The van der Waals surface area contributed by atoms with Gasteiger partial charge in [0.15, 0.2) is 0 Å². The second-order valence-corrected chi connectivity index (χ2v) is 2.10. The van der Waals surface area contributed by atoms with Gasteiger partial charge in [-0.3, -0.25) is 0 Å². The van der Waals surface area contributed by atoms with E-state index in [1.54, 1.807) is 0 Å². The van der Waals surface area contributed by atoms with Crippen LogP contribution in [0.15, 0.2) is 11.1 Å². The smallest absolute Gasteiger partial charge is 0.0310 e. The van der Waals surface area contributed by atoms with Crippen LogP contribution >= 0.6 is 11.6 Å². The lowest BCUT2D eigenvalue weighted by molar-refractivity contribution is 0.721. The van der Waals surface area contributed by atoms with Gasteiger partial charge in [-0.2, -0.15) is 0 Å². The fourth-order valence-corrected chi connectivity index (χ4v) is 0.814. The van der Waals surface area contributed by atoms with Crippen LogP contribution in [0.5, 0.6) is 0 Å². The molecule has 0 radical (unpaired) electrons. The van der Waals surface area contributed by atoms with E-state index >= 15 is 0 Å². The number of hydrogen-bond donors (Lipinski definition) is 1. The predicted octanol–water partition coefficient (Wildman–Crippen LogP) is 1.10. The summed E-state index contributed by atoms with van der Waals surface area (Å²) in [4.78, 5) is 0. The zero-order chi connectivity index (χ0) is 5.11.